The lowest BCUT2D eigenvalue weighted by molar-refractivity contribution is 0.00578. The van der Waals surface area contributed by atoms with Gasteiger partial charge in [0.2, 0.25) is 0 Å². The average molecular weight is 272 g/mol. The van der Waals surface area contributed by atoms with Gasteiger partial charge in [0.05, 0.1) is 11.2 Å². The van der Waals surface area contributed by atoms with E-state index in [4.69, 9.17) is 9.31 Å². The van der Waals surface area contributed by atoms with E-state index in [0.717, 1.165) is 22.1 Å². The molecule has 0 radical (unpaired) electrons. The van der Waals surface area contributed by atoms with Crippen molar-refractivity contribution in [2.45, 2.75) is 45.8 Å². The SMILES string of the molecule is Cc1cnc2c(c1)c(B1OC(C)(C)C(C)(C)O1)cn2C. The first kappa shape index (κ1) is 13.6. The van der Waals surface area contributed by atoms with E-state index in [1.165, 1.54) is 0 Å². The molecule has 0 bridgehead atoms. The fourth-order valence-corrected chi connectivity index (χ4v) is 2.55. The number of fused-ring (bicyclic) bond motifs is 1. The maximum Gasteiger partial charge on any atom is 0.497 e. The van der Waals surface area contributed by atoms with Crippen LogP contribution < -0.4 is 5.46 Å². The highest BCUT2D eigenvalue weighted by Crippen LogP contribution is 2.37. The number of hydrogen-bond donors (Lipinski definition) is 0. The van der Waals surface area contributed by atoms with Crippen molar-refractivity contribution < 1.29 is 9.31 Å². The molecule has 1 saturated heterocycles. The van der Waals surface area contributed by atoms with Crippen LogP contribution in [0.5, 0.6) is 0 Å². The van der Waals surface area contributed by atoms with E-state index in [1.54, 1.807) is 0 Å². The molecule has 3 rings (SSSR count). The number of aromatic nitrogens is 2. The Hall–Kier alpha value is -1.33. The first-order valence-corrected chi connectivity index (χ1v) is 6.98. The molecular formula is C15H21BN2O2. The summed E-state index contributed by atoms with van der Waals surface area (Å²) in [4.78, 5) is 4.50. The van der Waals surface area contributed by atoms with Crippen LogP contribution in [0.15, 0.2) is 18.5 Å². The molecule has 106 valence electrons. The summed E-state index contributed by atoms with van der Waals surface area (Å²) in [5.74, 6) is 0. The minimum atomic E-state index is -0.340. The Bertz CT molecular complexity index is 660. The van der Waals surface area contributed by atoms with E-state index in [9.17, 15) is 0 Å². The van der Waals surface area contributed by atoms with Crippen molar-refractivity contribution in [1.82, 2.24) is 9.55 Å². The van der Waals surface area contributed by atoms with Gasteiger partial charge in [0.25, 0.3) is 0 Å². The number of pyridine rings is 1. The predicted octanol–water partition coefficient (Wildman–Crippen LogP) is 2.18. The zero-order valence-electron chi connectivity index (χ0n) is 13.0. The van der Waals surface area contributed by atoms with Gasteiger partial charge in [-0.05, 0) is 46.2 Å². The third-order valence-corrected chi connectivity index (χ3v) is 4.49. The van der Waals surface area contributed by atoms with Crippen LogP contribution in [0.2, 0.25) is 0 Å². The molecule has 0 N–H and O–H groups in total. The fraction of sp³-hybridized carbons (Fsp3) is 0.533. The van der Waals surface area contributed by atoms with E-state index < -0.39 is 0 Å². The molecule has 20 heavy (non-hydrogen) atoms. The zero-order valence-corrected chi connectivity index (χ0v) is 13.0. The van der Waals surface area contributed by atoms with E-state index in [1.807, 2.05) is 24.7 Å². The van der Waals surface area contributed by atoms with Crippen molar-refractivity contribution in [3.8, 4) is 0 Å². The predicted molar refractivity (Wildman–Crippen MR) is 81.2 cm³/mol. The van der Waals surface area contributed by atoms with Crippen LogP contribution in [0.4, 0.5) is 0 Å². The molecule has 4 nitrogen and oxygen atoms in total. The van der Waals surface area contributed by atoms with Gasteiger partial charge in [-0.1, -0.05) is 0 Å². The molecule has 2 aromatic heterocycles. The summed E-state index contributed by atoms with van der Waals surface area (Å²) in [6, 6.07) is 2.14. The quantitative estimate of drug-likeness (QED) is 0.746. The van der Waals surface area contributed by atoms with Gasteiger partial charge in [0.15, 0.2) is 0 Å². The Morgan fingerprint density at radius 3 is 2.35 bits per heavy atom. The van der Waals surface area contributed by atoms with Crippen molar-refractivity contribution in [1.29, 1.82) is 0 Å². The molecule has 3 heterocycles. The molecule has 0 unspecified atom stereocenters. The highest BCUT2D eigenvalue weighted by atomic mass is 16.7. The van der Waals surface area contributed by atoms with Crippen LogP contribution >= 0.6 is 0 Å². The van der Waals surface area contributed by atoms with Crippen LogP contribution in [0.1, 0.15) is 33.3 Å². The molecule has 1 fully saturated rings. The number of aryl methyl sites for hydroxylation is 2. The van der Waals surface area contributed by atoms with Gasteiger partial charge >= 0.3 is 7.12 Å². The molecule has 2 aromatic rings. The lowest BCUT2D eigenvalue weighted by atomic mass is 9.79. The van der Waals surface area contributed by atoms with Crippen LogP contribution in [0.25, 0.3) is 11.0 Å². The standard InChI is InChI=1S/C15H21BN2O2/c1-10-7-11-12(9-18(6)13(11)17-8-10)16-19-14(2,3)15(4,5)20-16/h7-9H,1-6H3. The van der Waals surface area contributed by atoms with Crippen LogP contribution in [-0.2, 0) is 16.4 Å². The van der Waals surface area contributed by atoms with Gasteiger partial charge in [-0.3, -0.25) is 0 Å². The summed E-state index contributed by atoms with van der Waals surface area (Å²) in [5.41, 5.74) is 2.51. The van der Waals surface area contributed by atoms with Crippen molar-refractivity contribution in [3.05, 3.63) is 24.0 Å². The lowest BCUT2D eigenvalue weighted by Gasteiger charge is -2.32. The van der Waals surface area contributed by atoms with Gasteiger partial charge in [-0.2, -0.15) is 0 Å². The number of hydrogen-bond acceptors (Lipinski definition) is 3. The van der Waals surface area contributed by atoms with Crippen LogP contribution in [-0.4, -0.2) is 27.9 Å². The Balaban J connectivity index is 2.10. The molecule has 0 spiro atoms. The van der Waals surface area contributed by atoms with Gasteiger partial charge in [0.1, 0.15) is 5.65 Å². The first-order valence-electron chi connectivity index (χ1n) is 6.98. The third-order valence-electron chi connectivity index (χ3n) is 4.49. The lowest BCUT2D eigenvalue weighted by Crippen LogP contribution is -2.41. The van der Waals surface area contributed by atoms with Gasteiger partial charge in [-0.25, -0.2) is 4.98 Å². The molecule has 1 aliphatic rings. The zero-order chi connectivity index (χ0) is 14.7. The molecule has 0 aromatic carbocycles. The molecule has 5 heteroatoms. The number of rotatable bonds is 1. The smallest absolute Gasteiger partial charge is 0.399 e. The van der Waals surface area contributed by atoms with Crippen molar-refractivity contribution in [2.75, 3.05) is 0 Å². The summed E-state index contributed by atoms with van der Waals surface area (Å²) >= 11 is 0. The summed E-state index contributed by atoms with van der Waals surface area (Å²) < 4.78 is 14.3. The van der Waals surface area contributed by atoms with Crippen molar-refractivity contribution in [3.63, 3.8) is 0 Å². The average Bonchev–Trinajstić information content (AvgIpc) is 2.74. The topological polar surface area (TPSA) is 36.3 Å². The number of nitrogens with zero attached hydrogens (tertiary/aromatic N) is 2. The Morgan fingerprint density at radius 2 is 1.75 bits per heavy atom. The monoisotopic (exact) mass is 272 g/mol. The maximum absolute atomic E-state index is 6.15. The van der Waals surface area contributed by atoms with Crippen LogP contribution in [0, 0.1) is 6.92 Å². The fourth-order valence-electron chi connectivity index (χ4n) is 2.55. The highest BCUT2D eigenvalue weighted by molar-refractivity contribution is 6.65. The van der Waals surface area contributed by atoms with E-state index in [2.05, 4.69) is 44.9 Å². The second-order valence-electron chi connectivity index (χ2n) is 6.67. The molecule has 1 aliphatic heterocycles. The van der Waals surface area contributed by atoms with Crippen LogP contribution in [0.3, 0.4) is 0 Å². The summed E-state index contributed by atoms with van der Waals surface area (Å²) in [7, 11) is 1.66. The Kier molecular flexibility index (Phi) is 2.79. The van der Waals surface area contributed by atoms with Crippen molar-refractivity contribution in [2.24, 2.45) is 7.05 Å². The van der Waals surface area contributed by atoms with Gasteiger partial charge < -0.3 is 13.9 Å². The summed E-state index contributed by atoms with van der Waals surface area (Å²) in [5, 5.41) is 1.10. The second kappa shape index (κ2) is 4.09. The minimum absolute atomic E-state index is 0.322. The molecule has 0 aliphatic carbocycles. The minimum Gasteiger partial charge on any atom is -0.399 e. The van der Waals surface area contributed by atoms with Gasteiger partial charge in [0, 0.05) is 30.3 Å². The molecule has 0 atom stereocenters. The highest BCUT2D eigenvalue weighted by Gasteiger charge is 2.52. The second-order valence-corrected chi connectivity index (χ2v) is 6.67. The third kappa shape index (κ3) is 1.88. The van der Waals surface area contributed by atoms with E-state index >= 15 is 0 Å². The Morgan fingerprint density at radius 1 is 1.15 bits per heavy atom. The first-order chi connectivity index (χ1) is 9.21. The summed E-state index contributed by atoms with van der Waals surface area (Å²) in [6.45, 7) is 10.3. The Labute approximate surface area is 120 Å². The maximum atomic E-state index is 6.15. The molecular weight excluding hydrogens is 251 g/mol. The normalized spacial score (nSPS) is 20.8. The summed E-state index contributed by atoms with van der Waals surface area (Å²) in [6.07, 6.45) is 3.94. The molecule has 0 saturated carbocycles. The van der Waals surface area contributed by atoms with E-state index in [0.29, 0.717) is 0 Å². The van der Waals surface area contributed by atoms with Gasteiger partial charge in [-0.15, -0.1) is 0 Å². The van der Waals surface area contributed by atoms with E-state index in [-0.39, 0.29) is 18.3 Å². The largest absolute Gasteiger partial charge is 0.497 e. The van der Waals surface area contributed by atoms with Crippen molar-refractivity contribution >= 4 is 23.6 Å². The molecule has 0 amide bonds.